The van der Waals surface area contributed by atoms with Gasteiger partial charge in [0.1, 0.15) is 5.82 Å². The molecule has 2 aromatic carbocycles. The van der Waals surface area contributed by atoms with Crippen LogP contribution in [0, 0.1) is 17.5 Å². The second kappa shape index (κ2) is 4.73. The number of halogens is 6. The minimum atomic E-state index is -4.87. The van der Waals surface area contributed by atoms with Crippen LogP contribution in [-0.4, -0.2) is 5.11 Å². The highest BCUT2D eigenvalue weighted by Crippen LogP contribution is 2.35. The van der Waals surface area contributed by atoms with Gasteiger partial charge in [0.25, 0.3) is 0 Å². The van der Waals surface area contributed by atoms with E-state index >= 15 is 0 Å². The molecule has 0 bridgehead atoms. The van der Waals surface area contributed by atoms with E-state index in [9.17, 15) is 26.3 Å². The van der Waals surface area contributed by atoms with Gasteiger partial charge in [-0.1, -0.05) is 6.07 Å². The van der Waals surface area contributed by atoms with Crippen LogP contribution in [-0.2, 0) is 6.18 Å². The lowest BCUT2D eigenvalue weighted by Gasteiger charge is -2.10. The van der Waals surface area contributed by atoms with Crippen molar-refractivity contribution in [2.75, 3.05) is 0 Å². The van der Waals surface area contributed by atoms with E-state index in [2.05, 4.69) is 0 Å². The summed E-state index contributed by atoms with van der Waals surface area (Å²) in [6, 6.07) is 3.48. The van der Waals surface area contributed by atoms with Gasteiger partial charge in [0.2, 0.25) is 5.82 Å². The molecule has 20 heavy (non-hydrogen) atoms. The van der Waals surface area contributed by atoms with Crippen molar-refractivity contribution >= 4 is 0 Å². The number of benzene rings is 2. The Bertz CT molecular complexity index is 663. The topological polar surface area (TPSA) is 20.2 Å². The Morgan fingerprint density at radius 3 is 2.05 bits per heavy atom. The predicted octanol–water partition coefficient (Wildman–Crippen LogP) is 4.50. The number of phenolic OH excluding ortho intramolecular Hbond substituents is 1. The van der Waals surface area contributed by atoms with E-state index in [1.54, 1.807) is 0 Å². The Balaban J connectivity index is 2.56. The zero-order chi connectivity index (χ0) is 15.1. The molecule has 0 radical (unpaired) electrons. The van der Waals surface area contributed by atoms with E-state index in [4.69, 9.17) is 5.11 Å². The first-order valence-electron chi connectivity index (χ1n) is 5.26. The highest BCUT2D eigenvalue weighted by molar-refractivity contribution is 5.65. The third kappa shape index (κ3) is 2.43. The predicted molar refractivity (Wildman–Crippen MR) is 58.4 cm³/mol. The molecule has 0 spiro atoms. The molecule has 2 rings (SSSR count). The van der Waals surface area contributed by atoms with Gasteiger partial charge in [-0.25, -0.2) is 8.78 Å². The Morgan fingerprint density at radius 1 is 0.850 bits per heavy atom. The second-order valence-corrected chi connectivity index (χ2v) is 3.95. The molecule has 0 fully saturated rings. The molecule has 0 saturated heterocycles. The van der Waals surface area contributed by atoms with Crippen molar-refractivity contribution in [3.05, 3.63) is 53.3 Å². The van der Waals surface area contributed by atoms with Crippen LogP contribution < -0.4 is 0 Å². The van der Waals surface area contributed by atoms with Crippen LogP contribution in [0.2, 0.25) is 0 Å². The van der Waals surface area contributed by atoms with Crippen molar-refractivity contribution in [3.63, 3.8) is 0 Å². The van der Waals surface area contributed by atoms with Crippen LogP contribution in [0.5, 0.6) is 5.75 Å². The zero-order valence-corrected chi connectivity index (χ0v) is 9.60. The number of hydrogen-bond acceptors (Lipinski definition) is 1. The molecule has 1 nitrogen and oxygen atoms in total. The maximum Gasteiger partial charge on any atom is 0.419 e. The Hall–Kier alpha value is -2.18. The number of hydrogen-bond donors (Lipinski definition) is 1. The lowest BCUT2D eigenvalue weighted by molar-refractivity contribution is -0.139. The summed E-state index contributed by atoms with van der Waals surface area (Å²) < 4.78 is 77.2. The fourth-order valence-corrected chi connectivity index (χ4v) is 1.67. The third-order valence-corrected chi connectivity index (χ3v) is 2.65. The molecule has 0 aliphatic carbocycles. The molecule has 0 atom stereocenters. The summed E-state index contributed by atoms with van der Waals surface area (Å²) in [5.74, 6) is -5.56. The van der Waals surface area contributed by atoms with E-state index in [1.807, 2.05) is 0 Å². The minimum absolute atomic E-state index is 0.271. The van der Waals surface area contributed by atoms with Crippen LogP contribution in [0.25, 0.3) is 11.1 Å². The number of alkyl halides is 3. The smallest absolute Gasteiger partial charge is 0.419 e. The molecule has 0 aliphatic heterocycles. The van der Waals surface area contributed by atoms with Crippen LogP contribution in [0.4, 0.5) is 26.3 Å². The molecule has 2 aromatic rings. The zero-order valence-electron chi connectivity index (χ0n) is 9.60. The maximum atomic E-state index is 13.5. The first-order chi connectivity index (χ1) is 9.21. The molecular weight excluding hydrogens is 286 g/mol. The minimum Gasteiger partial charge on any atom is -0.505 e. The van der Waals surface area contributed by atoms with E-state index in [0.29, 0.717) is 12.1 Å². The monoisotopic (exact) mass is 292 g/mol. The van der Waals surface area contributed by atoms with Gasteiger partial charge in [-0.3, -0.25) is 0 Å². The molecular formula is C13H6F6O. The Morgan fingerprint density at radius 2 is 1.50 bits per heavy atom. The van der Waals surface area contributed by atoms with Crippen molar-refractivity contribution in [1.29, 1.82) is 0 Å². The highest BCUT2D eigenvalue weighted by Gasteiger charge is 2.34. The SMILES string of the molecule is Oc1ccc(-c2ccc(C(F)(F)F)c(F)c2)c(F)c1F. The van der Waals surface area contributed by atoms with Gasteiger partial charge in [-0.2, -0.15) is 17.6 Å². The summed E-state index contributed by atoms with van der Waals surface area (Å²) in [6.07, 6.45) is -4.87. The average Bonchev–Trinajstić information content (AvgIpc) is 2.34. The summed E-state index contributed by atoms with van der Waals surface area (Å²) in [5.41, 5.74) is -2.22. The highest BCUT2D eigenvalue weighted by atomic mass is 19.4. The van der Waals surface area contributed by atoms with Crippen molar-refractivity contribution in [2.45, 2.75) is 6.18 Å². The van der Waals surface area contributed by atoms with Crippen molar-refractivity contribution in [1.82, 2.24) is 0 Å². The summed E-state index contributed by atoms with van der Waals surface area (Å²) in [7, 11) is 0. The van der Waals surface area contributed by atoms with Gasteiger partial charge in [0, 0.05) is 5.56 Å². The number of phenols is 1. The number of rotatable bonds is 1. The fourth-order valence-electron chi connectivity index (χ4n) is 1.67. The molecule has 0 aliphatic rings. The first kappa shape index (κ1) is 14.2. The van der Waals surface area contributed by atoms with Crippen LogP contribution in [0.15, 0.2) is 30.3 Å². The molecule has 7 heteroatoms. The van der Waals surface area contributed by atoms with Crippen LogP contribution in [0.1, 0.15) is 5.56 Å². The van der Waals surface area contributed by atoms with Gasteiger partial charge in [-0.15, -0.1) is 0 Å². The molecule has 106 valence electrons. The van der Waals surface area contributed by atoms with Gasteiger partial charge >= 0.3 is 6.18 Å². The van der Waals surface area contributed by atoms with Gasteiger partial charge in [0.15, 0.2) is 11.6 Å². The fraction of sp³-hybridized carbons (Fsp3) is 0.0769. The van der Waals surface area contributed by atoms with E-state index in [1.165, 1.54) is 0 Å². The Kier molecular flexibility index (Phi) is 3.37. The quantitative estimate of drug-likeness (QED) is 0.767. The van der Waals surface area contributed by atoms with Crippen LogP contribution >= 0.6 is 0 Å². The maximum absolute atomic E-state index is 13.5. The van der Waals surface area contributed by atoms with E-state index in [-0.39, 0.29) is 5.56 Å². The normalized spacial score (nSPS) is 11.7. The molecule has 0 aromatic heterocycles. The summed E-state index contributed by atoms with van der Waals surface area (Å²) in [5, 5.41) is 8.94. The van der Waals surface area contributed by atoms with Gasteiger partial charge in [-0.05, 0) is 29.8 Å². The molecule has 0 heterocycles. The third-order valence-electron chi connectivity index (χ3n) is 2.65. The van der Waals surface area contributed by atoms with Crippen molar-refractivity contribution in [2.24, 2.45) is 0 Å². The summed E-state index contributed by atoms with van der Waals surface area (Å²) in [6.45, 7) is 0. The van der Waals surface area contributed by atoms with E-state index < -0.39 is 40.5 Å². The van der Waals surface area contributed by atoms with Crippen molar-refractivity contribution < 1.29 is 31.4 Å². The first-order valence-corrected chi connectivity index (χ1v) is 5.26. The largest absolute Gasteiger partial charge is 0.505 e. The summed E-state index contributed by atoms with van der Waals surface area (Å²) >= 11 is 0. The van der Waals surface area contributed by atoms with Gasteiger partial charge in [0.05, 0.1) is 5.56 Å². The lowest BCUT2D eigenvalue weighted by atomic mass is 10.0. The number of aromatic hydroxyl groups is 1. The Labute approximate surface area is 109 Å². The van der Waals surface area contributed by atoms with E-state index in [0.717, 1.165) is 18.2 Å². The van der Waals surface area contributed by atoms with Gasteiger partial charge < -0.3 is 5.11 Å². The lowest BCUT2D eigenvalue weighted by Crippen LogP contribution is -2.08. The molecule has 0 amide bonds. The van der Waals surface area contributed by atoms with Crippen LogP contribution in [0.3, 0.4) is 0 Å². The molecule has 0 unspecified atom stereocenters. The second-order valence-electron chi connectivity index (χ2n) is 3.95. The molecule has 1 N–H and O–H groups in total. The summed E-state index contributed by atoms with van der Waals surface area (Å²) in [4.78, 5) is 0. The standard InChI is InChI=1S/C13H6F6O/c14-9-5-6(1-3-8(9)13(17,18)19)7-2-4-10(20)12(16)11(7)15/h1-5,20H. The molecule has 0 saturated carbocycles. The average molecular weight is 292 g/mol. The van der Waals surface area contributed by atoms with Crippen molar-refractivity contribution in [3.8, 4) is 16.9 Å².